The number of hydrogen-bond donors (Lipinski definition) is 1. The lowest BCUT2D eigenvalue weighted by atomic mass is 10.3. The molecule has 0 aliphatic carbocycles. The first-order chi connectivity index (χ1) is 8.11. The summed E-state index contributed by atoms with van der Waals surface area (Å²) in [6.45, 7) is 4.67. The second-order valence-electron chi connectivity index (χ2n) is 4.03. The van der Waals surface area contributed by atoms with Crippen LogP contribution in [0.1, 0.15) is 39.5 Å². The van der Waals surface area contributed by atoms with Gasteiger partial charge in [0.05, 0.1) is 0 Å². The van der Waals surface area contributed by atoms with E-state index in [9.17, 15) is 14.4 Å². The fraction of sp³-hybridized carbons (Fsp3) is 0.727. The van der Waals surface area contributed by atoms with E-state index >= 15 is 0 Å². The van der Waals surface area contributed by atoms with Gasteiger partial charge in [0.1, 0.15) is 0 Å². The Bertz CT molecular complexity index is 481. The third-order valence-electron chi connectivity index (χ3n) is 2.64. The van der Waals surface area contributed by atoms with Crippen molar-refractivity contribution in [2.75, 3.05) is 0 Å². The van der Waals surface area contributed by atoms with Gasteiger partial charge < -0.3 is 0 Å². The third-order valence-corrected chi connectivity index (χ3v) is 2.64. The highest BCUT2D eigenvalue weighted by atomic mass is 16.2. The summed E-state index contributed by atoms with van der Waals surface area (Å²) in [5.41, 5.74) is -1.72. The van der Waals surface area contributed by atoms with Gasteiger partial charge in [-0.15, -0.1) is 0 Å². The van der Waals surface area contributed by atoms with E-state index in [1.165, 1.54) is 0 Å². The van der Waals surface area contributed by atoms with E-state index in [2.05, 4.69) is 4.98 Å². The fourth-order valence-corrected chi connectivity index (χ4v) is 1.57. The predicted molar refractivity (Wildman–Crippen MR) is 65.4 cm³/mol. The number of H-pyrrole nitrogens is 1. The molecule has 1 aromatic heterocycles. The maximum Gasteiger partial charge on any atom is 0.336 e. The van der Waals surface area contributed by atoms with Gasteiger partial charge in [0.2, 0.25) is 0 Å². The molecule has 0 fully saturated rings. The molecule has 0 aliphatic heterocycles. The molecule has 0 bridgehead atoms. The molecule has 0 aliphatic rings. The van der Waals surface area contributed by atoms with Crippen molar-refractivity contribution in [2.24, 2.45) is 0 Å². The molecule has 1 N–H and O–H groups in total. The van der Waals surface area contributed by atoms with Crippen molar-refractivity contribution in [3.63, 3.8) is 0 Å². The quantitative estimate of drug-likeness (QED) is 0.778. The van der Waals surface area contributed by atoms with Gasteiger partial charge in [0.25, 0.3) is 0 Å². The Balaban J connectivity index is 3.18. The van der Waals surface area contributed by atoms with Crippen molar-refractivity contribution in [2.45, 2.75) is 52.6 Å². The minimum absolute atomic E-state index is 0.358. The molecule has 0 unspecified atom stereocenters. The van der Waals surface area contributed by atoms with Gasteiger partial charge in [-0.25, -0.2) is 23.5 Å². The molecule has 1 heterocycles. The lowest BCUT2D eigenvalue weighted by molar-refractivity contribution is 0.483. The smallest absolute Gasteiger partial charge is 0.259 e. The van der Waals surface area contributed by atoms with Crippen LogP contribution >= 0.6 is 0 Å². The molecule has 0 atom stereocenters. The number of hydrogen-bond acceptors (Lipinski definition) is 3. The lowest BCUT2D eigenvalue weighted by Gasteiger charge is -2.07. The first-order valence-corrected chi connectivity index (χ1v) is 6.05. The zero-order valence-corrected chi connectivity index (χ0v) is 10.4. The van der Waals surface area contributed by atoms with Gasteiger partial charge >= 0.3 is 17.1 Å². The summed E-state index contributed by atoms with van der Waals surface area (Å²) in [6, 6.07) is 0. The molecule has 0 spiro atoms. The first-order valence-electron chi connectivity index (χ1n) is 6.05. The molecule has 6 heteroatoms. The third kappa shape index (κ3) is 3.18. The molecular weight excluding hydrogens is 222 g/mol. The van der Waals surface area contributed by atoms with Crippen LogP contribution in [0.4, 0.5) is 0 Å². The number of unbranched alkanes of at least 4 members (excludes halogenated alkanes) is 2. The molecule has 96 valence electrons. The molecule has 0 amide bonds. The van der Waals surface area contributed by atoms with Crippen molar-refractivity contribution >= 4 is 0 Å². The van der Waals surface area contributed by atoms with Crippen LogP contribution in [-0.4, -0.2) is 14.1 Å². The van der Waals surface area contributed by atoms with E-state index in [0.717, 1.165) is 34.8 Å². The second-order valence-corrected chi connectivity index (χ2v) is 4.03. The Hall–Kier alpha value is -1.59. The van der Waals surface area contributed by atoms with Crippen LogP contribution in [0.2, 0.25) is 0 Å². The standard InChI is InChI=1S/C11H19N3O3/c1-3-5-7-13-9(15)12-10(16)14(11(13)17)8-6-4-2/h3-8H2,1-2H3,(H,12,15,16). The molecular formula is C11H19N3O3. The summed E-state index contributed by atoms with van der Waals surface area (Å²) in [5, 5.41) is 0. The maximum atomic E-state index is 11.9. The summed E-state index contributed by atoms with van der Waals surface area (Å²) >= 11 is 0. The van der Waals surface area contributed by atoms with E-state index in [-0.39, 0.29) is 0 Å². The molecule has 1 rings (SSSR count). The van der Waals surface area contributed by atoms with Gasteiger partial charge in [-0.1, -0.05) is 26.7 Å². The SMILES string of the molecule is CCCCn1c(=O)[nH]c(=O)n(CCCC)c1=O. The number of aromatic nitrogens is 3. The number of nitrogens with one attached hydrogen (secondary N) is 1. The van der Waals surface area contributed by atoms with E-state index in [1.54, 1.807) is 0 Å². The van der Waals surface area contributed by atoms with Crippen LogP contribution in [-0.2, 0) is 13.1 Å². The minimum atomic E-state index is -0.610. The van der Waals surface area contributed by atoms with Gasteiger partial charge in [-0.3, -0.25) is 4.98 Å². The molecule has 0 saturated heterocycles. The second kappa shape index (κ2) is 6.22. The lowest BCUT2D eigenvalue weighted by Crippen LogP contribution is -2.49. The average molecular weight is 241 g/mol. The van der Waals surface area contributed by atoms with Crippen molar-refractivity contribution in [3.05, 3.63) is 31.5 Å². The van der Waals surface area contributed by atoms with Gasteiger partial charge in [-0.05, 0) is 12.8 Å². The maximum absolute atomic E-state index is 11.9. The number of rotatable bonds is 6. The van der Waals surface area contributed by atoms with Crippen molar-refractivity contribution in [1.29, 1.82) is 0 Å². The summed E-state index contributed by atoms with van der Waals surface area (Å²) in [7, 11) is 0. The molecule has 17 heavy (non-hydrogen) atoms. The van der Waals surface area contributed by atoms with Gasteiger partial charge in [-0.2, -0.15) is 0 Å². The highest BCUT2D eigenvalue weighted by molar-refractivity contribution is 4.74. The Morgan fingerprint density at radius 1 is 0.882 bits per heavy atom. The molecule has 0 aromatic carbocycles. The van der Waals surface area contributed by atoms with E-state index in [0.29, 0.717) is 13.1 Å². The van der Waals surface area contributed by atoms with E-state index in [4.69, 9.17) is 0 Å². The first kappa shape index (κ1) is 13.5. The summed E-state index contributed by atoms with van der Waals surface area (Å²) in [5.74, 6) is 0. The highest BCUT2D eigenvalue weighted by Gasteiger charge is 2.08. The zero-order valence-electron chi connectivity index (χ0n) is 10.4. The number of nitrogens with zero attached hydrogens (tertiary/aromatic N) is 2. The molecule has 0 radical (unpaired) electrons. The highest BCUT2D eigenvalue weighted by Crippen LogP contribution is 1.89. The zero-order chi connectivity index (χ0) is 12.8. The van der Waals surface area contributed by atoms with E-state index < -0.39 is 17.1 Å². The average Bonchev–Trinajstić information content (AvgIpc) is 2.28. The Morgan fingerprint density at radius 3 is 1.65 bits per heavy atom. The van der Waals surface area contributed by atoms with Crippen LogP contribution in [0.15, 0.2) is 14.4 Å². The van der Waals surface area contributed by atoms with Gasteiger partial charge in [0, 0.05) is 13.1 Å². The van der Waals surface area contributed by atoms with Crippen molar-refractivity contribution in [1.82, 2.24) is 14.1 Å². The van der Waals surface area contributed by atoms with Crippen LogP contribution in [0, 0.1) is 0 Å². The Labute approximate surface area is 98.9 Å². The van der Waals surface area contributed by atoms with Crippen LogP contribution in [0.5, 0.6) is 0 Å². The number of aromatic amines is 1. The largest absolute Gasteiger partial charge is 0.336 e. The summed E-state index contributed by atoms with van der Waals surface area (Å²) < 4.78 is 2.20. The predicted octanol–water partition coefficient (Wildman–Crippen LogP) is 0.298. The molecule has 0 saturated carbocycles. The topological polar surface area (TPSA) is 76.9 Å². The minimum Gasteiger partial charge on any atom is -0.259 e. The summed E-state index contributed by atoms with van der Waals surface area (Å²) in [6.07, 6.45) is 3.27. The van der Waals surface area contributed by atoms with Crippen LogP contribution in [0.3, 0.4) is 0 Å². The molecule has 1 aromatic rings. The van der Waals surface area contributed by atoms with Crippen LogP contribution in [0.25, 0.3) is 0 Å². The Morgan fingerprint density at radius 2 is 1.29 bits per heavy atom. The molecule has 6 nitrogen and oxygen atoms in total. The Kier molecular flexibility index (Phi) is 4.93. The van der Waals surface area contributed by atoms with Crippen LogP contribution < -0.4 is 17.1 Å². The summed E-state index contributed by atoms with van der Waals surface area (Å²) in [4.78, 5) is 37.1. The van der Waals surface area contributed by atoms with Gasteiger partial charge in [0.15, 0.2) is 0 Å². The fourth-order valence-electron chi connectivity index (χ4n) is 1.57. The normalized spacial score (nSPS) is 10.7. The van der Waals surface area contributed by atoms with Crippen molar-refractivity contribution < 1.29 is 0 Å². The van der Waals surface area contributed by atoms with E-state index in [1.807, 2.05) is 13.8 Å². The monoisotopic (exact) mass is 241 g/mol. The van der Waals surface area contributed by atoms with Crippen molar-refractivity contribution in [3.8, 4) is 0 Å².